The molecule has 5 aromatic heterocycles. The Bertz CT molecular complexity index is 1740. The van der Waals surface area contributed by atoms with Crippen molar-refractivity contribution >= 4 is 23.2 Å². The van der Waals surface area contributed by atoms with Crippen LogP contribution >= 0.6 is 0 Å². The van der Waals surface area contributed by atoms with E-state index in [0.29, 0.717) is 29.7 Å². The molecule has 3 N–H and O–H groups in total. The van der Waals surface area contributed by atoms with Crippen LogP contribution < -0.4 is 5.73 Å². The number of ketones is 1. The second-order valence-electron chi connectivity index (χ2n) is 10.5. The molecule has 3 atom stereocenters. The maximum atomic E-state index is 13.1. The average molecular weight is 538 g/mol. The molecule has 0 radical (unpaired) electrons. The number of rotatable bonds is 5. The van der Waals surface area contributed by atoms with Crippen LogP contribution in [0.3, 0.4) is 0 Å². The van der Waals surface area contributed by atoms with E-state index in [9.17, 15) is 9.59 Å². The van der Waals surface area contributed by atoms with Crippen molar-refractivity contribution in [2.45, 2.75) is 57.5 Å². The van der Waals surface area contributed by atoms with Gasteiger partial charge in [0.1, 0.15) is 24.3 Å². The first kappa shape index (κ1) is 24.1. The number of hydrogen-bond acceptors (Lipinski definition) is 9. The van der Waals surface area contributed by atoms with Crippen molar-refractivity contribution in [1.29, 1.82) is 0 Å². The maximum absolute atomic E-state index is 13.1. The van der Waals surface area contributed by atoms with Gasteiger partial charge < -0.3 is 15.6 Å². The fourth-order valence-electron chi connectivity index (χ4n) is 6.30. The summed E-state index contributed by atoms with van der Waals surface area (Å²) in [5.74, 6) is 0.927. The Morgan fingerprint density at radius 2 is 1.90 bits per heavy atom. The van der Waals surface area contributed by atoms with Gasteiger partial charge in [-0.05, 0) is 51.7 Å². The third-order valence-electron chi connectivity index (χ3n) is 8.07. The van der Waals surface area contributed by atoms with E-state index in [2.05, 4.69) is 30.2 Å². The molecule has 0 aliphatic carbocycles. The lowest BCUT2D eigenvalue weighted by molar-refractivity contribution is 0.0556. The van der Waals surface area contributed by atoms with Gasteiger partial charge in [0.25, 0.3) is 5.91 Å². The molecule has 2 aliphatic heterocycles. The fraction of sp³-hybridized carbons (Fsp3) is 0.333. The highest BCUT2D eigenvalue weighted by Gasteiger charge is 2.45. The number of anilines is 1. The Balaban J connectivity index is 1.26. The van der Waals surface area contributed by atoms with Crippen molar-refractivity contribution in [3.05, 3.63) is 66.2 Å². The van der Waals surface area contributed by atoms with E-state index >= 15 is 0 Å². The first-order valence-electron chi connectivity index (χ1n) is 13.2. The predicted molar refractivity (Wildman–Crippen MR) is 144 cm³/mol. The summed E-state index contributed by atoms with van der Waals surface area (Å²) in [6.45, 7) is 3.43. The Kier molecular flexibility index (Phi) is 5.47. The number of pyridine rings is 1. The summed E-state index contributed by atoms with van der Waals surface area (Å²) in [6, 6.07) is 3.91. The molecule has 5 aromatic rings. The number of nitrogens with two attached hydrogens (primary N) is 1. The van der Waals surface area contributed by atoms with Crippen LogP contribution in [0.4, 0.5) is 5.82 Å². The third-order valence-corrected chi connectivity index (χ3v) is 8.07. The Morgan fingerprint density at radius 1 is 1.10 bits per heavy atom. The number of aromatic amines is 1. The number of aryl methyl sites for hydroxylation is 1. The summed E-state index contributed by atoms with van der Waals surface area (Å²) < 4.78 is 3.39. The van der Waals surface area contributed by atoms with Gasteiger partial charge in [0.15, 0.2) is 11.4 Å². The number of nitrogen functional groups attached to an aromatic ring is 1. The number of aromatic nitrogens is 9. The lowest BCUT2D eigenvalue weighted by atomic mass is 9.85. The van der Waals surface area contributed by atoms with Gasteiger partial charge >= 0.3 is 0 Å². The lowest BCUT2D eigenvalue weighted by Crippen LogP contribution is -2.46. The molecule has 202 valence electrons. The molecular formula is C27H27N11O2. The highest BCUT2D eigenvalue weighted by molar-refractivity contribution is 6.00. The van der Waals surface area contributed by atoms with E-state index in [1.54, 1.807) is 18.7 Å². The monoisotopic (exact) mass is 537 g/mol. The molecule has 7 heterocycles. The van der Waals surface area contributed by atoms with Crippen LogP contribution in [0.25, 0.3) is 22.6 Å². The molecule has 13 heteroatoms. The zero-order valence-corrected chi connectivity index (χ0v) is 22.0. The molecule has 2 aliphatic rings. The van der Waals surface area contributed by atoms with E-state index in [-0.39, 0.29) is 41.3 Å². The van der Waals surface area contributed by atoms with Crippen molar-refractivity contribution in [3.8, 4) is 16.9 Å². The topological polar surface area (TPSA) is 166 Å². The molecular weight excluding hydrogens is 510 g/mol. The zero-order chi connectivity index (χ0) is 27.5. The average Bonchev–Trinajstić information content (AvgIpc) is 3.75. The van der Waals surface area contributed by atoms with Crippen molar-refractivity contribution in [1.82, 2.24) is 49.2 Å². The molecule has 13 nitrogen and oxygen atoms in total. The van der Waals surface area contributed by atoms with Gasteiger partial charge in [0.05, 0.1) is 23.1 Å². The maximum Gasteiger partial charge on any atom is 0.292 e. The number of imidazole rings is 1. The summed E-state index contributed by atoms with van der Waals surface area (Å²) in [5, 5.41) is 12.2. The normalized spacial score (nSPS) is 20.4. The van der Waals surface area contributed by atoms with Gasteiger partial charge in [-0.3, -0.25) is 14.2 Å². The Morgan fingerprint density at radius 3 is 2.52 bits per heavy atom. The van der Waals surface area contributed by atoms with Crippen LogP contribution in [0.2, 0.25) is 0 Å². The first-order valence-corrected chi connectivity index (χ1v) is 13.2. The molecule has 0 aromatic carbocycles. The van der Waals surface area contributed by atoms with E-state index < -0.39 is 0 Å². The summed E-state index contributed by atoms with van der Waals surface area (Å²) in [5.41, 5.74) is 10.7. The van der Waals surface area contributed by atoms with Crippen LogP contribution in [0.5, 0.6) is 0 Å². The SMILES string of the molecule is CC(=O)c1c([C@@H]2C[C@H]3CC[C@@H](C2)N3C(=O)c2nnc[nH]2)nc2c(-c3ccc(-n4cnc(C)c4)nc3)cnn2c1N. The molecule has 2 fully saturated rings. The van der Waals surface area contributed by atoms with Crippen molar-refractivity contribution in [3.63, 3.8) is 0 Å². The number of hydrogen-bond donors (Lipinski definition) is 2. The second kappa shape index (κ2) is 9.07. The van der Waals surface area contributed by atoms with Gasteiger partial charge in [-0.2, -0.15) is 9.61 Å². The number of fused-ring (bicyclic) bond motifs is 3. The number of nitrogens with one attached hydrogen (secondary N) is 1. The quantitative estimate of drug-likeness (QED) is 0.321. The summed E-state index contributed by atoms with van der Waals surface area (Å²) in [7, 11) is 0. The smallest absolute Gasteiger partial charge is 0.292 e. The minimum atomic E-state index is -0.159. The highest BCUT2D eigenvalue weighted by Crippen LogP contribution is 2.45. The van der Waals surface area contributed by atoms with Crippen LogP contribution in [-0.2, 0) is 0 Å². The largest absolute Gasteiger partial charge is 0.383 e. The van der Waals surface area contributed by atoms with E-state index in [1.807, 2.05) is 34.7 Å². The highest BCUT2D eigenvalue weighted by atomic mass is 16.2. The Hall–Kier alpha value is -4.94. The number of carbonyl (C=O) groups excluding carboxylic acids is 2. The van der Waals surface area contributed by atoms with Crippen molar-refractivity contribution in [2.75, 3.05) is 5.73 Å². The molecule has 2 bridgehead atoms. The van der Waals surface area contributed by atoms with Gasteiger partial charge in [-0.1, -0.05) is 0 Å². The first-order chi connectivity index (χ1) is 19.4. The molecule has 7 rings (SSSR count). The third kappa shape index (κ3) is 3.76. The molecule has 1 amide bonds. The van der Waals surface area contributed by atoms with E-state index in [0.717, 1.165) is 35.5 Å². The number of nitrogens with zero attached hydrogens (tertiary/aromatic N) is 9. The molecule has 2 saturated heterocycles. The Labute approximate surface area is 228 Å². The lowest BCUT2D eigenvalue weighted by Gasteiger charge is -2.38. The fourth-order valence-corrected chi connectivity index (χ4v) is 6.30. The van der Waals surface area contributed by atoms with Crippen LogP contribution in [0.1, 0.15) is 70.9 Å². The minimum absolute atomic E-state index is 0.0216. The van der Waals surface area contributed by atoms with E-state index in [4.69, 9.17) is 10.7 Å². The number of H-pyrrole nitrogens is 1. The van der Waals surface area contributed by atoms with Gasteiger partial charge in [0.2, 0.25) is 5.82 Å². The molecule has 0 saturated carbocycles. The molecule has 40 heavy (non-hydrogen) atoms. The van der Waals surface area contributed by atoms with Crippen LogP contribution in [0.15, 0.2) is 43.4 Å². The summed E-state index contributed by atoms with van der Waals surface area (Å²) in [4.78, 5) is 44.7. The minimum Gasteiger partial charge on any atom is -0.383 e. The predicted octanol–water partition coefficient (Wildman–Crippen LogP) is 2.74. The van der Waals surface area contributed by atoms with Gasteiger partial charge in [0, 0.05) is 41.5 Å². The standard InChI is InChI=1S/C27H27N11O2/c1-14-11-36(13-31-14)21-6-3-16(9-29-21)20-10-33-38-24(28)22(15(2)39)23(34-26(20)38)17-7-18-4-5-19(8-17)37(18)27(40)25-30-12-32-35-25/h3,6,9-13,17-19H,4-5,7-8,28H2,1-2H3,(H,30,32,35)/t17-,18-,19+. The summed E-state index contributed by atoms with van der Waals surface area (Å²) in [6.07, 6.45) is 11.7. The van der Waals surface area contributed by atoms with Crippen LogP contribution in [0, 0.1) is 6.92 Å². The zero-order valence-electron chi connectivity index (χ0n) is 22.0. The van der Waals surface area contributed by atoms with Crippen molar-refractivity contribution in [2.24, 2.45) is 0 Å². The van der Waals surface area contributed by atoms with Gasteiger partial charge in [-0.15, -0.1) is 10.2 Å². The summed E-state index contributed by atoms with van der Waals surface area (Å²) >= 11 is 0. The van der Waals surface area contributed by atoms with E-state index in [1.165, 1.54) is 17.8 Å². The molecule has 0 unspecified atom stereocenters. The second-order valence-corrected chi connectivity index (χ2v) is 10.5. The number of amides is 1. The van der Waals surface area contributed by atoms with Crippen molar-refractivity contribution < 1.29 is 9.59 Å². The van der Waals surface area contributed by atoms with Gasteiger partial charge in [-0.25, -0.2) is 15.0 Å². The number of Topliss-reactive ketones (excluding diaryl/α,β-unsaturated/α-hetero) is 1. The van der Waals surface area contributed by atoms with Crippen LogP contribution in [-0.4, -0.2) is 73.0 Å². The molecule has 0 spiro atoms. The number of piperidine rings is 1. The number of carbonyl (C=O) groups is 2.